The van der Waals surface area contributed by atoms with Crippen molar-refractivity contribution in [3.8, 4) is 11.1 Å². The molecule has 8 nitrogen and oxygen atoms in total. The summed E-state index contributed by atoms with van der Waals surface area (Å²) in [5, 5.41) is -0.537. The van der Waals surface area contributed by atoms with E-state index in [1.54, 1.807) is 23.6 Å². The fraction of sp³-hybridized carbons (Fsp3) is 0.433. The molecule has 1 fully saturated rings. The van der Waals surface area contributed by atoms with Gasteiger partial charge in [0, 0.05) is 65.5 Å². The third-order valence-electron chi connectivity index (χ3n) is 7.97. The van der Waals surface area contributed by atoms with Crippen molar-refractivity contribution in [1.82, 2.24) is 14.5 Å². The first-order valence-electron chi connectivity index (χ1n) is 14.0. The molecule has 0 N–H and O–H groups in total. The van der Waals surface area contributed by atoms with Crippen molar-refractivity contribution in [2.75, 3.05) is 50.7 Å². The number of methoxy groups -OCH3 is 1. The zero-order chi connectivity index (χ0) is 32.8. The number of hydrogen-bond donors (Lipinski definition) is 0. The highest BCUT2D eigenvalue weighted by molar-refractivity contribution is 7.99. The zero-order valence-corrected chi connectivity index (χ0v) is 26.2. The van der Waals surface area contributed by atoms with Crippen LogP contribution in [-0.4, -0.2) is 78.2 Å². The average molecular weight is 673 g/mol. The summed E-state index contributed by atoms with van der Waals surface area (Å²) in [6.07, 6.45) is -3.80. The number of thioether (sulfide) groups is 1. The lowest BCUT2D eigenvalue weighted by atomic mass is 9.95. The average Bonchev–Trinajstić information content (AvgIpc) is 2.99. The first-order chi connectivity index (χ1) is 21.3. The van der Waals surface area contributed by atoms with Gasteiger partial charge in [0.1, 0.15) is 17.5 Å². The van der Waals surface area contributed by atoms with Gasteiger partial charge in [0.05, 0.1) is 42.0 Å². The molecule has 15 heteroatoms. The molecular formula is C30H30ClF5N4O4S. The van der Waals surface area contributed by atoms with E-state index >= 15 is 4.39 Å². The molecule has 3 heterocycles. The largest absolute Gasteiger partial charge is 0.417 e. The summed E-state index contributed by atoms with van der Waals surface area (Å²) >= 11 is 6.94. The number of anilines is 1. The SMILES string of the molecule is C=CC(=O)N1C[C@H](C)N(c2nc(=O)n3c4c(c(-c5cc(Cl)c(F)cc5F)c(C(F)(F)F)cc24)SC[C@@H]3COCCOC)C[C@H]1C. The van der Waals surface area contributed by atoms with Crippen LogP contribution in [0.15, 0.2) is 40.5 Å². The van der Waals surface area contributed by atoms with Crippen molar-refractivity contribution in [2.45, 2.75) is 43.0 Å². The first-order valence-corrected chi connectivity index (χ1v) is 15.4. The molecule has 0 aliphatic carbocycles. The molecule has 242 valence electrons. The minimum Gasteiger partial charge on any atom is -0.382 e. The third kappa shape index (κ3) is 6.17. The van der Waals surface area contributed by atoms with Gasteiger partial charge in [-0.25, -0.2) is 13.6 Å². The number of benzene rings is 2. The van der Waals surface area contributed by atoms with Crippen LogP contribution in [0, 0.1) is 11.6 Å². The van der Waals surface area contributed by atoms with Gasteiger partial charge in [-0.2, -0.15) is 18.2 Å². The summed E-state index contributed by atoms with van der Waals surface area (Å²) in [5.74, 6) is -2.54. The lowest BCUT2D eigenvalue weighted by Gasteiger charge is -2.45. The van der Waals surface area contributed by atoms with Crippen LogP contribution in [0.3, 0.4) is 0 Å². The van der Waals surface area contributed by atoms with Gasteiger partial charge in [-0.15, -0.1) is 11.8 Å². The Morgan fingerprint density at radius 3 is 2.56 bits per heavy atom. The molecule has 0 spiro atoms. The van der Waals surface area contributed by atoms with E-state index < -0.39 is 57.3 Å². The molecule has 0 unspecified atom stereocenters. The Morgan fingerprint density at radius 1 is 1.16 bits per heavy atom. The normalized spacial score (nSPS) is 20.2. The number of carbonyl (C=O) groups is 1. The Morgan fingerprint density at radius 2 is 1.89 bits per heavy atom. The first kappa shape index (κ1) is 33.2. The number of alkyl halides is 3. The van der Waals surface area contributed by atoms with Gasteiger partial charge in [0.2, 0.25) is 5.91 Å². The monoisotopic (exact) mass is 672 g/mol. The Labute approximate surface area is 264 Å². The molecule has 1 aromatic heterocycles. The lowest BCUT2D eigenvalue weighted by Crippen LogP contribution is -2.58. The molecule has 0 bridgehead atoms. The number of hydrogen-bond acceptors (Lipinski definition) is 7. The van der Waals surface area contributed by atoms with Crippen molar-refractivity contribution in [3.63, 3.8) is 0 Å². The highest BCUT2D eigenvalue weighted by atomic mass is 35.5. The Hall–Kier alpha value is -3.20. The van der Waals surface area contributed by atoms with E-state index in [-0.39, 0.29) is 72.2 Å². The van der Waals surface area contributed by atoms with E-state index in [0.29, 0.717) is 6.07 Å². The van der Waals surface area contributed by atoms with E-state index in [1.165, 1.54) is 17.8 Å². The van der Waals surface area contributed by atoms with Crippen LogP contribution < -0.4 is 10.6 Å². The van der Waals surface area contributed by atoms with Gasteiger partial charge in [-0.3, -0.25) is 9.36 Å². The molecule has 3 atom stereocenters. The standard InChI is InChI=1S/C30H30ClF5N4O4S/c1-5-24(41)38-11-16(3)39(12-15(38)2)28-19-8-20(30(34,35)36)25(18-9-21(31)23(33)10-22(18)32)27-26(19)40(29(42)37-28)17(14-45-27)13-44-7-6-43-4/h5,8-10,15-17H,1,6-7,11-14H2,2-4H3/t15-,16+,17+/m1/s1. The summed E-state index contributed by atoms with van der Waals surface area (Å²) in [6, 6.07) is 0.672. The summed E-state index contributed by atoms with van der Waals surface area (Å²) in [6.45, 7) is 8.01. The number of nitrogens with zero attached hydrogens (tertiary/aromatic N) is 4. The van der Waals surface area contributed by atoms with Gasteiger partial charge >= 0.3 is 11.9 Å². The van der Waals surface area contributed by atoms with Gasteiger partial charge in [0.25, 0.3) is 0 Å². The second-order valence-electron chi connectivity index (χ2n) is 10.9. The van der Waals surface area contributed by atoms with E-state index in [4.69, 9.17) is 21.1 Å². The van der Waals surface area contributed by atoms with E-state index in [1.807, 2.05) is 0 Å². The maximum atomic E-state index is 15.3. The van der Waals surface area contributed by atoms with Crippen LogP contribution in [0.4, 0.5) is 27.8 Å². The molecular weight excluding hydrogens is 643 g/mol. The molecule has 0 radical (unpaired) electrons. The van der Waals surface area contributed by atoms with Crippen molar-refractivity contribution in [3.05, 3.63) is 63.6 Å². The van der Waals surface area contributed by atoms with Gasteiger partial charge in [-0.1, -0.05) is 18.2 Å². The maximum absolute atomic E-state index is 15.3. The summed E-state index contributed by atoms with van der Waals surface area (Å²) in [4.78, 5) is 33.8. The predicted molar refractivity (Wildman–Crippen MR) is 162 cm³/mol. The quantitative estimate of drug-likeness (QED) is 0.127. The minimum atomic E-state index is -4.99. The summed E-state index contributed by atoms with van der Waals surface area (Å²) < 4.78 is 86.0. The second-order valence-corrected chi connectivity index (χ2v) is 12.4. The van der Waals surface area contributed by atoms with Gasteiger partial charge in [-0.05, 0) is 32.1 Å². The van der Waals surface area contributed by atoms with Crippen LogP contribution in [0.2, 0.25) is 5.02 Å². The number of rotatable bonds is 8. The molecule has 2 aromatic carbocycles. The van der Waals surface area contributed by atoms with Crippen LogP contribution in [0.5, 0.6) is 0 Å². The van der Waals surface area contributed by atoms with Crippen LogP contribution in [-0.2, 0) is 20.4 Å². The molecule has 1 amide bonds. The maximum Gasteiger partial charge on any atom is 0.417 e. The molecule has 0 saturated carbocycles. The highest BCUT2D eigenvalue weighted by Gasteiger charge is 2.41. The molecule has 45 heavy (non-hydrogen) atoms. The van der Waals surface area contributed by atoms with Crippen molar-refractivity contribution in [1.29, 1.82) is 0 Å². The number of piperazine rings is 1. The van der Waals surface area contributed by atoms with Crippen LogP contribution in [0.1, 0.15) is 25.5 Å². The van der Waals surface area contributed by atoms with Gasteiger partial charge < -0.3 is 19.3 Å². The highest BCUT2D eigenvalue weighted by Crippen LogP contribution is 2.51. The topological polar surface area (TPSA) is 76.9 Å². The molecule has 1 saturated heterocycles. The predicted octanol–water partition coefficient (Wildman–Crippen LogP) is 5.94. The van der Waals surface area contributed by atoms with Crippen molar-refractivity contribution in [2.24, 2.45) is 0 Å². The Balaban J connectivity index is 1.81. The zero-order valence-electron chi connectivity index (χ0n) is 24.6. The molecule has 3 aromatic rings. The van der Waals surface area contributed by atoms with E-state index in [2.05, 4.69) is 11.6 Å². The fourth-order valence-electron chi connectivity index (χ4n) is 5.85. The summed E-state index contributed by atoms with van der Waals surface area (Å²) in [7, 11) is 1.50. The number of halogens is 6. The summed E-state index contributed by atoms with van der Waals surface area (Å²) in [5.41, 5.74) is -2.90. The molecule has 5 rings (SSSR count). The minimum absolute atomic E-state index is 0.00811. The molecule has 2 aliphatic heterocycles. The number of amides is 1. The van der Waals surface area contributed by atoms with E-state index in [0.717, 1.165) is 23.9 Å². The third-order valence-corrected chi connectivity index (χ3v) is 9.50. The van der Waals surface area contributed by atoms with Crippen LogP contribution in [0.25, 0.3) is 22.0 Å². The van der Waals surface area contributed by atoms with Crippen molar-refractivity contribution < 1.29 is 36.2 Å². The Bertz CT molecular complexity index is 1720. The number of carbonyl (C=O) groups excluding carboxylic acids is 1. The fourth-order valence-corrected chi connectivity index (χ4v) is 7.32. The van der Waals surface area contributed by atoms with Crippen LogP contribution >= 0.6 is 23.4 Å². The Kier molecular flexibility index (Phi) is 9.50. The number of ether oxygens (including phenoxy) is 2. The lowest BCUT2D eigenvalue weighted by molar-refractivity contribution is -0.137. The number of aromatic nitrogens is 2. The second kappa shape index (κ2) is 12.9. The van der Waals surface area contributed by atoms with Crippen molar-refractivity contribution >= 4 is 46.0 Å². The van der Waals surface area contributed by atoms with Gasteiger partial charge in [0.15, 0.2) is 0 Å². The smallest absolute Gasteiger partial charge is 0.382 e. The van der Waals surface area contributed by atoms with E-state index in [9.17, 15) is 27.2 Å². The molecule has 2 aliphatic rings.